The van der Waals surface area contributed by atoms with E-state index in [2.05, 4.69) is 21.7 Å². The fourth-order valence-corrected chi connectivity index (χ4v) is 2.31. The van der Waals surface area contributed by atoms with Crippen LogP contribution in [-0.4, -0.2) is 17.6 Å². The highest BCUT2D eigenvalue weighted by Gasteiger charge is 2.14. The number of pyridine rings is 1. The van der Waals surface area contributed by atoms with E-state index in [4.69, 9.17) is 10.00 Å². The molecule has 2 aromatic rings. The molecule has 6 nitrogen and oxygen atoms in total. The molecule has 0 bridgehead atoms. The number of nitriles is 1. The lowest BCUT2D eigenvalue weighted by atomic mass is 10.1. The van der Waals surface area contributed by atoms with Crippen LogP contribution >= 0.6 is 0 Å². The number of ether oxygens (including phenoxy) is 1. The van der Waals surface area contributed by atoms with Gasteiger partial charge >= 0.3 is 6.03 Å². The zero-order chi connectivity index (χ0) is 17.4. The Morgan fingerprint density at radius 1 is 1.29 bits per heavy atom. The summed E-state index contributed by atoms with van der Waals surface area (Å²) in [6, 6.07) is 10.2. The number of anilines is 1. The lowest BCUT2D eigenvalue weighted by molar-refractivity contribution is 0.248. The van der Waals surface area contributed by atoms with Gasteiger partial charge in [-0.25, -0.2) is 4.79 Å². The number of hydrogen-bond acceptors (Lipinski definition) is 4. The monoisotopic (exact) mass is 324 g/mol. The third kappa shape index (κ3) is 4.46. The molecular weight excluding hydrogens is 304 g/mol. The fourth-order valence-electron chi connectivity index (χ4n) is 2.31. The van der Waals surface area contributed by atoms with Crippen LogP contribution in [0.5, 0.6) is 5.75 Å². The van der Waals surface area contributed by atoms with Crippen LogP contribution in [0.1, 0.15) is 37.4 Å². The Balaban J connectivity index is 2.12. The van der Waals surface area contributed by atoms with E-state index in [9.17, 15) is 4.79 Å². The quantitative estimate of drug-likeness (QED) is 0.849. The first-order chi connectivity index (χ1) is 11.7. The first kappa shape index (κ1) is 17.3. The number of amides is 2. The molecule has 0 aliphatic rings. The van der Waals surface area contributed by atoms with Crippen molar-refractivity contribution >= 4 is 11.7 Å². The Hall–Kier alpha value is -3.07. The van der Waals surface area contributed by atoms with E-state index in [1.807, 2.05) is 26.0 Å². The van der Waals surface area contributed by atoms with E-state index in [0.717, 1.165) is 12.0 Å². The Morgan fingerprint density at radius 3 is 2.67 bits per heavy atom. The van der Waals surface area contributed by atoms with Crippen molar-refractivity contribution in [1.29, 1.82) is 5.26 Å². The number of nitrogens with zero attached hydrogens (tertiary/aromatic N) is 2. The third-order valence-corrected chi connectivity index (χ3v) is 3.48. The standard InChI is InChI=1S/C18H20N4O2/c1-3-15(14-7-9-20-10-8-14)21-18(23)22-16-11-13(12-19)5-6-17(16)24-4-2/h5-11,15H,3-4H2,1-2H3,(H2,21,22,23)/t15-/m1/s1. The van der Waals surface area contributed by atoms with E-state index in [1.165, 1.54) is 0 Å². The molecule has 6 heteroatoms. The molecule has 0 aliphatic carbocycles. The highest BCUT2D eigenvalue weighted by Crippen LogP contribution is 2.26. The van der Waals surface area contributed by atoms with Gasteiger partial charge in [-0.15, -0.1) is 0 Å². The van der Waals surface area contributed by atoms with Crippen molar-refractivity contribution in [3.63, 3.8) is 0 Å². The van der Waals surface area contributed by atoms with E-state index in [1.54, 1.807) is 30.6 Å². The summed E-state index contributed by atoms with van der Waals surface area (Å²) < 4.78 is 5.49. The lowest BCUT2D eigenvalue weighted by Gasteiger charge is -2.18. The van der Waals surface area contributed by atoms with Crippen molar-refractivity contribution in [3.8, 4) is 11.8 Å². The van der Waals surface area contributed by atoms with Gasteiger partial charge in [0.25, 0.3) is 0 Å². The summed E-state index contributed by atoms with van der Waals surface area (Å²) in [5.41, 5.74) is 1.91. The molecule has 2 rings (SSSR count). The van der Waals surface area contributed by atoms with Crippen molar-refractivity contribution in [3.05, 3.63) is 53.9 Å². The smallest absolute Gasteiger partial charge is 0.319 e. The van der Waals surface area contributed by atoms with Crippen LogP contribution in [0.4, 0.5) is 10.5 Å². The molecule has 2 N–H and O–H groups in total. The molecular formula is C18H20N4O2. The number of carbonyl (C=O) groups excluding carboxylic acids is 1. The second kappa shape index (κ2) is 8.53. The average Bonchev–Trinajstić information content (AvgIpc) is 2.62. The number of benzene rings is 1. The SMILES string of the molecule is CCOc1ccc(C#N)cc1NC(=O)N[C@H](CC)c1ccncc1. The van der Waals surface area contributed by atoms with Gasteiger partial charge in [0.1, 0.15) is 5.75 Å². The molecule has 2 amide bonds. The number of carbonyl (C=O) groups is 1. The van der Waals surface area contributed by atoms with Crippen LogP contribution in [0.15, 0.2) is 42.7 Å². The maximum Gasteiger partial charge on any atom is 0.319 e. The van der Waals surface area contributed by atoms with Gasteiger partial charge in [0, 0.05) is 12.4 Å². The molecule has 24 heavy (non-hydrogen) atoms. The predicted octanol–water partition coefficient (Wildman–Crippen LogP) is 3.62. The highest BCUT2D eigenvalue weighted by molar-refractivity contribution is 5.91. The average molecular weight is 324 g/mol. The van der Waals surface area contributed by atoms with Crippen molar-refractivity contribution in [2.75, 3.05) is 11.9 Å². The molecule has 1 heterocycles. The Kier molecular flexibility index (Phi) is 6.15. The van der Waals surface area contributed by atoms with E-state index >= 15 is 0 Å². The second-order valence-corrected chi connectivity index (χ2v) is 5.10. The highest BCUT2D eigenvalue weighted by atomic mass is 16.5. The van der Waals surface area contributed by atoms with Crippen LogP contribution < -0.4 is 15.4 Å². The minimum atomic E-state index is -0.352. The Morgan fingerprint density at radius 2 is 2.04 bits per heavy atom. The number of urea groups is 1. The van der Waals surface area contributed by atoms with Gasteiger partial charge in [-0.2, -0.15) is 5.26 Å². The molecule has 0 radical (unpaired) electrons. The molecule has 0 fully saturated rings. The van der Waals surface area contributed by atoms with Gasteiger partial charge in [-0.1, -0.05) is 6.92 Å². The van der Waals surface area contributed by atoms with Gasteiger partial charge < -0.3 is 15.4 Å². The number of rotatable bonds is 6. The molecule has 0 saturated heterocycles. The van der Waals surface area contributed by atoms with Crippen LogP contribution in [0.2, 0.25) is 0 Å². The zero-order valence-electron chi connectivity index (χ0n) is 13.7. The molecule has 124 valence electrons. The second-order valence-electron chi connectivity index (χ2n) is 5.10. The molecule has 0 saturated carbocycles. The van der Waals surface area contributed by atoms with Gasteiger partial charge in [0.2, 0.25) is 0 Å². The van der Waals surface area contributed by atoms with Crippen molar-refractivity contribution in [2.24, 2.45) is 0 Å². The van der Waals surface area contributed by atoms with Gasteiger partial charge in [0.15, 0.2) is 0 Å². The summed E-state index contributed by atoms with van der Waals surface area (Å²) in [6.45, 7) is 4.32. The van der Waals surface area contributed by atoms with Crippen molar-refractivity contribution in [1.82, 2.24) is 10.3 Å². The number of nitrogens with one attached hydrogen (secondary N) is 2. The van der Waals surface area contributed by atoms with Crippen molar-refractivity contribution < 1.29 is 9.53 Å². The van der Waals surface area contributed by atoms with Gasteiger partial charge in [0.05, 0.1) is 30.0 Å². The molecule has 1 aromatic carbocycles. The fraction of sp³-hybridized carbons (Fsp3) is 0.278. The third-order valence-electron chi connectivity index (χ3n) is 3.48. The summed E-state index contributed by atoms with van der Waals surface area (Å²) >= 11 is 0. The molecule has 0 unspecified atom stereocenters. The maximum atomic E-state index is 12.3. The minimum Gasteiger partial charge on any atom is -0.492 e. The molecule has 1 aromatic heterocycles. The topological polar surface area (TPSA) is 87.0 Å². The summed E-state index contributed by atoms with van der Waals surface area (Å²) in [4.78, 5) is 16.3. The predicted molar refractivity (Wildman–Crippen MR) is 91.7 cm³/mol. The summed E-state index contributed by atoms with van der Waals surface area (Å²) in [5, 5.41) is 14.7. The maximum absolute atomic E-state index is 12.3. The van der Waals surface area contributed by atoms with Crippen molar-refractivity contribution in [2.45, 2.75) is 26.3 Å². The molecule has 0 aliphatic heterocycles. The number of aromatic nitrogens is 1. The van der Waals surface area contributed by atoms with Crippen LogP contribution in [0.3, 0.4) is 0 Å². The summed E-state index contributed by atoms with van der Waals surface area (Å²) in [6.07, 6.45) is 4.14. The summed E-state index contributed by atoms with van der Waals surface area (Å²) in [5.74, 6) is 0.531. The number of hydrogen-bond donors (Lipinski definition) is 2. The Bertz CT molecular complexity index is 726. The van der Waals surface area contributed by atoms with E-state index < -0.39 is 0 Å². The summed E-state index contributed by atoms with van der Waals surface area (Å²) in [7, 11) is 0. The first-order valence-electron chi connectivity index (χ1n) is 7.82. The lowest BCUT2D eigenvalue weighted by Crippen LogP contribution is -2.32. The normalized spacial score (nSPS) is 11.2. The van der Waals surface area contributed by atoms with Gasteiger partial charge in [-0.3, -0.25) is 4.98 Å². The Labute approximate surface area is 141 Å². The molecule has 0 spiro atoms. The zero-order valence-corrected chi connectivity index (χ0v) is 13.7. The van der Waals surface area contributed by atoms with Crippen LogP contribution in [0.25, 0.3) is 0 Å². The van der Waals surface area contributed by atoms with Gasteiger partial charge in [-0.05, 0) is 49.2 Å². The van der Waals surface area contributed by atoms with E-state index in [-0.39, 0.29) is 12.1 Å². The molecule has 1 atom stereocenters. The first-order valence-corrected chi connectivity index (χ1v) is 7.82. The van der Waals surface area contributed by atoms with E-state index in [0.29, 0.717) is 23.6 Å². The van der Waals surface area contributed by atoms with Crippen LogP contribution in [0, 0.1) is 11.3 Å². The largest absolute Gasteiger partial charge is 0.492 e. The minimum absolute atomic E-state index is 0.123. The van der Waals surface area contributed by atoms with Crippen LogP contribution in [-0.2, 0) is 0 Å².